The Balaban J connectivity index is 1.85. The van der Waals surface area contributed by atoms with Crippen LogP contribution in [-0.4, -0.2) is 22.3 Å². The molecule has 1 saturated heterocycles. The lowest BCUT2D eigenvalue weighted by atomic mass is 10.0. The number of carbonyl (C=O) groups excluding carboxylic acids is 1. The fraction of sp³-hybridized carbons (Fsp3) is 0.375. The molecular formula is C16H19N3OS. The highest BCUT2D eigenvalue weighted by Gasteiger charge is 2.31. The van der Waals surface area contributed by atoms with E-state index < -0.39 is 0 Å². The monoisotopic (exact) mass is 301 g/mol. The smallest absolute Gasteiger partial charge is 0.273 e. The Bertz CT molecular complexity index is 652. The predicted octanol–water partition coefficient (Wildman–Crippen LogP) is 2.89. The number of aryl methyl sites for hydroxylation is 1. The van der Waals surface area contributed by atoms with Crippen molar-refractivity contribution >= 4 is 17.2 Å². The van der Waals surface area contributed by atoms with Gasteiger partial charge < -0.3 is 10.6 Å². The number of nitrogens with two attached hydrogens (primary N) is 1. The third kappa shape index (κ3) is 2.84. The number of carbonyl (C=O) groups is 1. The molecule has 2 N–H and O–H groups in total. The number of thiazole rings is 1. The van der Waals surface area contributed by atoms with Gasteiger partial charge in [0, 0.05) is 18.5 Å². The first-order valence-electron chi connectivity index (χ1n) is 7.21. The van der Waals surface area contributed by atoms with Crippen molar-refractivity contribution in [1.82, 2.24) is 9.88 Å². The van der Waals surface area contributed by atoms with E-state index in [-0.39, 0.29) is 11.9 Å². The molecule has 2 aromatic rings. The Labute approximate surface area is 128 Å². The maximum atomic E-state index is 12.7. The van der Waals surface area contributed by atoms with E-state index in [2.05, 4.69) is 36.2 Å². The molecule has 21 heavy (non-hydrogen) atoms. The first-order chi connectivity index (χ1) is 10.2. The molecular weight excluding hydrogens is 282 g/mol. The lowest BCUT2D eigenvalue weighted by Crippen LogP contribution is -2.30. The molecule has 0 radical (unpaired) electrons. The number of rotatable bonds is 3. The van der Waals surface area contributed by atoms with E-state index in [1.807, 2.05) is 10.3 Å². The maximum absolute atomic E-state index is 12.7. The maximum Gasteiger partial charge on any atom is 0.273 e. The van der Waals surface area contributed by atoms with Gasteiger partial charge in [0.15, 0.2) is 0 Å². The zero-order chi connectivity index (χ0) is 14.8. The lowest BCUT2D eigenvalue weighted by molar-refractivity contribution is 0.0730. The summed E-state index contributed by atoms with van der Waals surface area (Å²) >= 11 is 1.45. The van der Waals surface area contributed by atoms with E-state index in [0.717, 1.165) is 24.4 Å². The highest BCUT2D eigenvalue weighted by Crippen LogP contribution is 2.33. The Kier molecular flexibility index (Phi) is 4.03. The van der Waals surface area contributed by atoms with E-state index in [0.29, 0.717) is 12.2 Å². The minimum Gasteiger partial charge on any atom is -0.330 e. The largest absolute Gasteiger partial charge is 0.330 e. The standard InChI is InChI=1S/C16H19N3OS/c1-11-4-2-5-12(8-11)14-6-3-7-19(14)16(20)13-10-21-15(9-17)18-13/h2,4-5,8,10,14H,3,6-7,9,17H2,1H3. The van der Waals surface area contributed by atoms with Crippen LogP contribution in [0.25, 0.3) is 0 Å². The van der Waals surface area contributed by atoms with Crippen LogP contribution in [0.5, 0.6) is 0 Å². The molecule has 1 aromatic heterocycles. The summed E-state index contributed by atoms with van der Waals surface area (Å²) < 4.78 is 0. The van der Waals surface area contributed by atoms with Crippen LogP contribution in [0.2, 0.25) is 0 Å². The molecule has 1 atom stereocenters. The van der Waals surface area contributed by atoms with Gasteiger partial charge in [-0.25, -0.2) is 4.98 Å². The predicted molar refractivity (Wildman–Crippen MR) is 84.2 cm³/mol. The second-order valence-electron chi connectivity index (χ2n) is 5.40. The van der Waals surface area contributed by atoms with Crippen LogP contribution in [0.1, 0.15) is 45.5 Å². The quantitative estimate of drug-likeness (QED) is 0.948. The van der Waals surface area contributed by atoms with Gasteiger partial charge in [0.05, 0.1) is 6.04 Å². The molecule has 1 aliphatic rings. The van der Waals surface area contributed by atoms with Gasteiger partial charge in [-0.3, -0.25) is 4.79 Å². The minimum absolute atomic E-state index is 0.0231. The molecule has 0 saturated carbocycles. The second kappa shape index (κ2) is 5.95. The van der Waals surface area contributed by atoms with Gasteiger partial charge in [-0.05, 0) is 25.3 Å². The number of nitrogens with zero attached hydrogens (tertiary/aromatic N) is 2. The summed E-state index contributed by atoms with van der Waals surface area (Å²) in [5, 5.41) is 2.63. The first-order valence-corrected chi connectivity index (χ1v) is 8.09. The highest BCUT2D eigenvalue weighted by molar-refractivity contribution is 7.09. The zero-order valence-electron chi connectivity index (χ0n) is 12.1. The van der Waals surface area contributed by atoms with Gasteiger partial charge in [-0.2, -0.15) is 0 Å². The molecule has 1 aromatic carbocycles. The molecule has 1 amide bonds. The average Bonchev–Trinajstić information content (AvgIpc) is 3.15. The molecule has 5 heteroatoms. The number of aromatic nitrogens is 1. The van der Waals surface area contributed by atoms with Gasteiger partial charge in [-0.15, -0.1) is 11.3 Å². The van der Waals surface area contributed by atoms with Crippen molar-refractivity contribution in [3.63, 3.8) is 0 Å². The summed E-state index contributed by atoms with van der Waals surface area (Å²) in [5.41, 5.74) is 8.55. The van der Waals surface area contributed by atoms with Crippen molar-refractivity contribution in [2.24, 2.45) is 5.73 Å². The number of likely N-dealkylation sites (tertiary alicyclic amines) is 1. The SMILES string of the molecule is Cc1cccc(C2CCCN2C(=O)c2csc(CN)n2)c1. The summed E-state index contributed by atoms with van der Waals surface area (Å²) in [6.45, 7) is 3.27. The van der Waals surface area contributed by atoms with Gasteiger partial charge in [-0.1, -0.05) is 29.8 Å². The molecule has 1 unspecified atom stereocenters. The van der Waals surface area contributed by atoms with Crippen molar-refractivity contribution in [1.29, 1.82) is 0 Å². The molecule has 0 aliphatic carbocycles. The van der Waals surface area contributed by atoms with Crippen LogP contribution in [0, 0.1) is 6.92 Å². The Morgan fingerprint density at radius 1 is 1.52 bits per heavy atom. The van der Waals surface area contributed by atoms with Gasteiger partial charge >= 0.3 is 0 Å². The van der Waals surface area contributed by atoms with Crippen molar-refractivity contribution in [2.45, 2.75) is 32.4 Å². The summed E-state index contributed by atoms with van der Waals surface area (Å²) in [7, 11) is 0. The lowest BCUT2D eigenvalue weighted by Gasteiger charge is -2.24. The van der Waals surface area contributed by atoms with Gasteiger partial charge in [0.25, 0.3) is 5.91 Å². The topological polar surface area (TPSA) is 59.2 Å². The van der Waals surface area contributed by atoms with E-state index in [4.69, 9.17) is 5.73 Å². The summed E-state index contributed by atoms with van der Waals surface area (Å²) in [6, 6.07) is 8.58. The molecule has 1 fully saturated rings. The fourth-order valence-corrected chi connectivity index (χ4v) is 3.53. The number of hydrogen-bond donors (Lipinski definition) is 1. The Morgan fingerprint density at radius 3 is 3.10 bits per heavy atom. The molecule has 1 aliphatic heterocycles. The first kappa shape index (κ1) is 14.2. The summed E-state index contributed by atoms with van der Waals surface area (Å²) in [6.07, 6.45) is 2.06. The Morgan fingerprint density at radius 2 is 2.38 bits per heavy atom. The molecule has 0 spiro atoms. The number of benzene rings is 1. The van der Waals surface area contributed by atoms with Crippen molar-refractivity contribution in [3.05, 3.63) is 51.5 Å². The summed E-state index contributed by atoms with van der Waals surface area (Å²) in [5.74, 6) is 0.0231. The van der Waals surface area contributed by atoms with Crippen LogP contribution >= 0.6 is 11.3 Å². The van der Waals surface area contributed by atoms with E-state index in [1.54, 1.807) is 0 Å². The van der Waals surface area contributed by atoms with Crippen LogP contribution < -0.4 is 5.73 Å². The van der Waals surface area contributed by atoms with Crippen molar-refractivity contribution < 1.29 is 4.79 Å². The fourth-order valence-electron chi connectivity index (χ4n) is 2.88. The van der Waals surface area contributed by atoms with E-state index >= 15 is 0 Å². The molecule has 2 heterocycles. The average molecular weight is 301 g/mol. The minimum atomic E-state index is 0.0231. The zero-order valence-corrected chi connectivity index (χ0v) is 12.9. The molecule has 0 bridgehead atoms. The molecule has 3 rings (SSSR count). The number of hydrogen-bond acceptors (Lipinski definition) is 4. The molecule has 110 valence electrons. The van der Waals surface area contributed by atoms with Crippen molar-refractivity contribution in [3.8, 4) is 0 Å². The highest BCUT2D eigenvalue weighted by atomic mass is 32.1. The van der Waals surface area contributed by atoms with Gasteiger partial charge in [0.1, 0.15) is 10.7 Å². The van der Waals surface area contributed by atoms with E-state index in [1.165, 1.54) is 22.5 Å². The van der Waals surface area contributed by atoms with Crippen LogP contribution in [0.4, 0.5) is 0 Å². The van der Waals surface area contributed by atoms with Crippen LogP contribution in [-0.2, 0) is 6.54 Å². The van der Waals surface area contributed by atoms with E-state index in [9.17, 15) is 4.79 Å². The van der Waals surface area contributed by atoms with Gasteiger partial charge in [0.2, 0.25) is 0 Å². The second-order valence-corrected chi connectivity index (χ2v) is 6.34. The van der Waals surface area contributed by atoms with Crippen LogP contribution in [0.15, 0.2) is 29.6 Å². The van der Waals surface area contributed by atoms with Crippen LogP contribution in [0.3, 0.4) is 0 Å². The third-order valence-corrected chi connectivity index (χ3v) is 4.76. The summed E-state index contributed by atoms with van der Waals surface area (Å²) in [4.78, 5) is 18.9. The molecule has 4 nitrogen and oxygen atoms in total. The Hall–Kier alpha value is -1.72. The number of amides is 1. The van der Waals surface area contributed by atoms with Crippen molar-refractivity contribution in [2.75, 3.05) is 6.54 Å². The normalized spacial score (nSPS) is 18.2. The third-order valence-electron chi connectivity index (χ3n) is 3.89.